The topological polar surface area (TPSA) is 12.0 Å². The minimum atomic E-state index is 1.10. The van der Waals surface area contributed by atoms with Gasteiger partial charge in [-0.3, -0.25) is 0 Å². The summed E-state index contributed by atoms with van der Waals surface area (Å²) in [7, 11) is 0. The standard InChI is InChI=1S/C26H23N/c1-19-9-6-7-14-25(19)26-16-15-24(17-20(26)2)27-23-13-8-12-22(18-23)21-10-4-3-5-11-21/h3-18,27H,1-2H3. The van der Waals surface area contributed by atoms with E-state index in [1.54, 1.807) is 0 Å². The predicted molar refractivity (Wildman–Crippen MR) is 117 cm³/mol. The van der Waals surface area contributed by atoms with Gasteiger partial charge in [-0.1, -0.05) is 72.8 Å². The number of nitrogens with one attached hydrogen (secondary N) is 1. The van der Waals surface area contributed by atoms with Crippen molar-refractivity contribution in [3.63, 3.8) is 0 Å². The molecule has 1 N–H and O–H groups in total. The highest BCUT2D eigenvalue weighted by molar-refractivity contribution is 5.75. The second kappa shape index (κ2) is 7.51. The average molecular weight is 349 g/mol. The Bertz CT molecular complexity index is 1060. The first-order valence-electron chi connectivity index (χ1n) is 9.30. The molecule has 0 aromatic heterocycles. The molecule has 0 amide bonds. The Labute approximate surface area is 161 Å². The van der Waals surface area contributed by atoms with Crippen molar-refractivity contribution < 1.29 is 0 Å². The van der Waals surface area contributed by atoms with Crippen molar-refractivity contribution in [1.29, 1.82) is 0 Å². The molecule has 4 aromatic rings. The minimum absolute atomic E-state index is 1.10. The van der Waals surface area contributed by atoms with Gasteiger partial charge in [0, 0.05) is 11.4 Å². The van der Waals surface area contributed by atoms with Gasteiger partial charge in [0.1, 0.15) is 0 Å². The van der Waals surface area contributed by atoms with Crippen molar-refractivity contribution in [2.45, 2.75) is 13.8 Å². The van der Waals surface area contributed by atoms with Gasteiger partial charge in [0.05, 0.1) is 0 Å². The molecule has 1 heteroatoms. The van der Waals surface area contributed by atoms with Crippen LogP contribution in [0.2, 0.25) is 0 Å². The van der Waals surface area contributed by atoms with Crippen molar-refractivity contribution in [2.24, 2.45) is 0 Å². The van der Waals surface area contributed by atoms with Crippen LogP contribution in [0.3, 0.4) is 0 Å². The van der Waals surface area contributed by atoms with Crippen LogP contribution in [0.15, 0.2) is 97.1 Å². The Morgan fingerprint density at radius 3 is 1.93 bits per heavy atom. The first kappa shape index (κ1) is 17.1. The van der Waals surface area contributed by atoms with Crippen LogP contribution in [-0.4, -0.2) is 0 Å². The van der Waals surface area contributed by atoms with E-state index in [1.165, 1.54) is 33.4 Å². The molecule has 132 valence electrons. The first-order chi connectivity index (χ1) is 13.2. The highest BCUT2D eigenvalue weighted by Gasteiger charge is 2.06. The molecule has 4 aromatic carbocycles. The minimum Gasteiger partial charge on any atom is -0.356 e. The largest absolute Gasteiger partial charge is 0.356 e. The Morgan fingerprint density at radius 2 is 1.15 bits per heavy atom. The smallest absolute Gasteiger partial charge is 0.0390 e. The molecule has 0 aliphatic heterocycles. The van der Waals surface area contributed by atoms with E-state index in [0.717, 1.165) is 11.4 Å². The highest BCUT2D eigenvalue weighted by atomic mass is 14.9. The highest BCUT2D eigenvalue weighted by Crippen LogP contribution is 2.30. The third kappa shape index (κ3) is 3.78. The van der Waals surface area contributed by atoms with Crippen molar-refractivity contribution in [2.75, 3.05) is 5.32 Å². The normalized spacial score (nSPS) is 10.6. The third-order valence-electron chi connectivity index (χ3n) is 4.92. The van der Waals surface area contributed by atoms with Gasteiger partial charge in [-0.2, -0.15) is 0 Å². The zero-order chi connectivity index (χ0) is 18.6. The molecule has 0 heterocycles. The van der Waals surface area contributed by atoms with Crippen LogP contribution in [0.1, 0.15) is 11.1 Å². The fourth-order valence-corrected chi connectivity index (χ4v) is 3.49. The second-order valence-corrected chi connectivity index (χ2v) is 6.92. The second-order valence-electron chi connectivity index (χ2n) is 6.92. The van der Waals surface area contributed by atoms with Crippen LogP contribution >= 0.6 is 0 Å². The Hall–Kier alpha value is -3.32. The maximum atomic E-state index is 3.55. The first-order valence-corrected chi connectivity index (χ1v) is 9.30. The lowest BCUT2D eigenvalue weighted by atomic mass is 9.96. The summed E-state index contributed by atoms with van der Waals surface area (Å²) in [4.78, 5) is 0. The van der Waals surface area contributed by atoms with Crippen molar-refractivity contribution in [3.05, 3.63) is 108 Å². The Kier molecular flexibility index (Phi) is 4.76. The molecular formula is C26H23N. The van der Waals surface area contributed by atoms with E-state index in [0.29, 0.717) is 0 Å². The molecule has 0 bridgehead atoms. The quantitative estimate of drug-likeness (QED) is 0.405. The SMILES string of the molecule is Cc1ccccc1-c1ccc(Nc2cccc(-c3ccccc3)c2)cc1C. The van der Waals surface area contributed by atoms with Crippen LogP contribution in [0.5, 0.6) is 0 Å². The van der Waals surface area contributed by atoms with Gasteiger partial charge in [0.15, 0.2) is 0 Å². The molecule has 27 heavy (non-hydrogen) atoms. The van der Waals surface area contributed by atoms with Crippen molar-refractivity contribution >= 4 is 11.4 Å². The van der Waals surface area contributed by atoms with Crippen LogP contribution in [0, 0.1) is 13.8 Å². The van der Waals surface area contributed by atoms with Gasteiger partial charge in [-0.15, -0.1) is 0 Å². The molecule has 0 radical (unpaired) electrons. The summed E-state index contributed by atoms with van der Waals surface area (Å²) in [5, 5.41) is 3.55. The van der Waals surface area contributed by atoms with E-state index in [9.17, 15) is 0 Å². The molecule has 1 nitrogen and oxygen atoms in total. The molecule has 0 saturated carbocycles. The zero-order valence-corrected chi connectivity index (χ0v) is 15.7. The van der Waals surface area contributed by atoms with Crippen LogP contribution in [-0.2, 0) is 0 Å². The number of anilines is 2. The summed E-state index contributed by atoms with van der Waals surface area (Å²) in [5.41, 5.74) is 9.81. The van der Waals surface area contributed by atoms with E-state index < -0.39 is 0 Å². The van der Waals surface area contributed by atoms with E-state index in [1.807, 2.05) is 6.07 Å². The van der Waals surface area contributed by atoms with Crippen molar-refractivity contribution in [1.82, 2.24) is 0 Å². The van der Waals surface area contributed by atoms with Gasteiger partial charge in [-0.25, -0.2) is 0 Å². The Morgan fingerprint density at radius 1 is 0.481 bits per heavy atom. The monoisotopic (exact) mass is 349 g/mol. The fraction of sp³-hybridized carbons (Fsp3) is 0.0769. The lowest BCUT2D eigenvalue weighted by Crippen LogP contribution is -1.93. The van der Waals surface area contributed by atoms with Crippen molar-refractivity contribution in [3.8, 4) is 22.3 Å². The summed E-state index contributed by atoms with van der Waals surface area (Å²) in [6.07, 6.45) is 0. The molecule has 0 spiro atoms. The molecule has 0 atom stereocenters. The van der Waals surface area contributed by atoms with E-state index in [-0.39, 0.29) is 0 Å². The lowest BCUT2D eigenvalue weighted by molar-refractivity contribution is 1.40. The number of benzene rings is 4. The molecular weight excluding hydrogens is 326 g/mol. The number of rotatable bonds is 4. The van der Waals surface area contributed by atoms with Gasteiger partial charge in [-0.05, 0) is 71.5 Å². The summed E-state index contributed by atoms with van der Waals surface area (Å²) < 4.78 is 0. The van der Waals surface area contributed by atoms with Crippen LogP contribution in [0.25, 0.3) is 22.3 Å². The van der Waals surface area contributed by atoms with Gasteiger partial charge >= 0.3 is 0 Å². The molecule has 0 unspecified atom stereocenters. The van der Waals surface area contributed by atoms with Gasteiger partial charge in [0.2, 0.25) is 0 Å². The van der Waals surface area contributed by atoms with Crippen LogP contribution in [0.4, 0.5) is 11.4 Å². The predicted octanol–water partition coefficient (Wildman–Crippen LogP) is 7.38. The Balaban J connectivity index is 1.61. The van der Waals surface area contributed by atoms with E-state index in [2.05, 4.69) is 110 Å². The van der Waals surface area contributed by atoms with Gasteiger partial charge < -0.3 is 5.32 Å². The number of aryl methyl sites for hydroxylation is 2. The van der Waals surface area contributed by atoms with Gasteiger partial charge in [0.25, 0.3) is 0 Å². The lowest BCUT2D eigenvalue weighted by Gasteiger charge is -2.13. The van der Waals surface area contributed by atoms with E-state index >= 15 is 0 Å². The zero-order valence-electron chi connectivity index (χ0n) is 15.7. The molecule has 0 fully saturated rings. The third-order valence-corrected chi connectivity index (χ3v) is 4.92. The molecule has 0 saturated heterocycles. The summed E-state index contributed by atoms with van der Waals surface area (Å²) in [5.74, 6) is 0. The molecule has 0 aliphatic rings. The number of hydrogen-bond donors (Lipinski definition) is 1. The fourth-order valence-electron chi connectivity index (χ4n) is 3.49. The van der Waals surface area contributed by atoms with E-state index in [4.69, 9.17) is 0 Å². The summed E-state index contributed by atoms with van der Waals surface area (Å²) >= 11 is 0. The summed E-state index contributed by atoms with van der Waals surface area (Å²) in [6.45, 7) is 4.34. The maximum Gasteiger partial charge on any atom is 0.0390 e. The van der Waals surface area contributed by atoms with Crippen LogP contribution < -0.4 is 5.32 Å². The number of hydrogen-bond acceptors (Lipinski definition) is 1. The molecule has 0 aliphatic carbocycles. The summed E-state index contributed by atoms with van der Waals surface area (Å²) in [6, 6.07) is 34.1. The molecule has 4 rings (SSSR count). The maximum absolute atomic E-state index is 3.55. The average Bonchev–Trinajstić information content (AvgIpc) is 2.70.